The van der Waals surface area contributed by atoms with E-state index >= 15 is 0 Å². The Kier molecular flexibility index (Phi) is 6.35. The molecule has 198 valence electrons. The second-order valence-electron chi connectivity index (χ2n) is 11.4. The predicted molar refractivity (Wildman–Crippen MR) is 146 cm³/mol. The van der Waals surface area contributed by atoms with E-state index < -0.39 is 33.4 Å². The Morgan fingerprint density at radius 2 is 1.65 bits per heavy atom. The number of aryl methyl sites for hydroxylation is 2. The number of fused-ring (bicyclic) bond motifs is 2. The van der Waals surface area contributed by atoms with E-state index in [0.717, 1.165) is 16.8 Å². The van der Waals surface area contributed by atoms with Crippen LogP contribution in [-0.2, 0) is 14.4 Å². The molecule has 1 unspecified atom stereocenters. The molecule has 3 amide bonds. The van der Waals surface area contributed by atoms with Crippen molar-refractivity contribution >= 4 is 35.2 Å². The maximum Gasteiger partial charge on any atom is 0.251 e. The minimum Gasteiger partial charge on any atom is -0.394 e. The van der Waals surface area contributed by atoms with Crippen molar-refractivity contribution in [3.63, 3.8) is 0 Å². The lowest BCUT2D eigenvalue weighted by molar-refractivity contribution is -0.145. The van der Waals surface area contributed by atoms with Crippen LogP contribution < -0.4 is 4.90 Å². The van der Waals surface area contributed by atoms with Gasteiger partial charge in [-0.1, -0.05) is 56.4 Å². The Labute approximate surface area is 223 Å². The van der Waals surface area contributed by atoms with Crippen LogP contribution in [0.4, 0.5) is 5.69 Å². The van der Waals surface area contributed by atoms with E-state index in [1.165, 1.54) is 0 Å². The lowest BCUT2D eigenvalue weighted by atomic mass is 9.74. The molecular formula is C29H37N3O4S. The van der Waals surface area contributed by atoms with Gasteiger partial charge in [0.15, 0.2) is 0 Å². The second kappa shape index (κ2) is 9.02. The Morgan fingerprint density at radius 1 is 1.00 bits per heavy atom. The molecule has 0 aromatic heterocycles. The highest BCUT2D eigenvalue weighted by molar-refractivity contribution is 8.02. The molecule has 1 N–H and O–H groups in total. The number of aliphatic hydroxyl groups is 1. The molecule has 6 atom stereocenters. The number of hydrogen-bond acceptors (Lipinski definition) is 5. The molecule has 2 saturated heterocycles. The fraction of sp³-hybridized carbons (Fsp3) is 0.552. The molecule has 1 aromatic carbocycles. The quantitative estimate of drug-likeness (QED) is 0.614. The summed E-state index contributed by atoms with van der Waals surface area (Å²) >= 11 is 1.58. The zero-order valence-corrected chi connectivity index (χ0v) is 23.3. The first-order valence-electron chi connectivity index (χ1n) is 13.1. The molecule has 4 aliphatic heterocycles. The van der Waals surface area contributed by atoms with Gasteiger partial charge in [-0.15, -0.1) is 11.8 Å². The number of likely N-dealkylation sites (N-methyl/N-ethyl adjacent to an activating group) is 1. The maximum atomic E-state index is 14.7. The summed E-state index contributed by atoms with van der Waals surface area (Å²) < 4.78 is -1.54. The van der Waals surface area contributed by atoms with Crippen LogP contribution in [0.2, 0.25) is 0 Å². The van der Waals surface area contributed by atoms with Crippen molar-refractivity contribution in [3.05, 3.63) is 53.6 Å². The van der Waals surface area contributed by atoms with Crippen molar-refractivity contribution in [1.82, 2.24) is 9.80 Å². The molecule has 1 spiro atoms. The number of hydrogen-bond donors (Lipinski definition) is 1. The average Bonchev–Trinajstić information content (AvgIpc) is 3.11. The van der Waals surface area contributed by atoms with Gasteiger partial charge in [0.2, 0.25) is 11.8 Å². The number of carbonyl (C=O) groups is 3. The van der Waals surface area contributed by atoms with Crippen molar-refractivity contribution in [3.8, 4) is 0 Å². The summed E-state index contributed by atoms with van der Waals surface area (Å²) in [5, 5.41) is 10.4. The standard InChI is InChI=1S/C29H37N3O4S/c1-17(2)20(16-33)32-24-27(36)31(23-18(3)10-7-11-19(23)4)15-9-13-29(24)22(26(32)35)21-25(34)30(6)14-8-12-28(21,5)37-29/h7-13,17,20-22,24,33H,14-16H2,1-6H3/t20-,21-,22-,24?,28+,29-/m0/s1. The molecular weight excluding hydrogens is 486 g/mol. The third-order valence-corrected chi connectivity index (χ3v) is 10.5. The van der Waals surface area contributed by atoms with E-state index in [2.05, 4.69) is 6.08 Å². The van der Waals surface area contributed by atoms with Crippen LogP contribution in [0.3, 0.4) is 0 Å². The molecule has 0 bridgehead atoms. The number of anilines is 1. The largest absolute Gasteiger partial charge is 0.394 e. The Hall–Kier alpha value is -2.58. The van der Waals surface area contributed by atoms with Crippen molar-refractivity contribution in [2.75, 3.05) is 31.6 Å². The second-order valence-corrected chi connectivity index (χ2v) is 13.2. The molecule has 0 radical (unpaired) electrons. The lowest BCUT2D eigenvalue weighted by Crippen LogP contribution is -2.58. The molecule has 0 saturated carbocycles. The number of nitrogens with zero attached hydrogens (tertiary/aromatic N) is 3. The number of aliphatic hydroxyl groups excluding tert-OH is 1. The monoisotopic (exact) mass is 523 g/mol. The third kappa shape index (κ3) is 3.62. The van der Waals surface area contributed by atoms with E-state index in [1.807, 2.05) is 71.0 Å². The van der Waals surface area contributed by atoms with Crippen LogP contribution in [0.15, 0.2) is 42.5 Å². The minimum absolute atomic E-state index is 0.0673. The Bertz CT molecular complexity index is 1190. The SMILES string of the molecule is Cc1cccc(C)c1N1CC=C[C@]23S[C@]4(C)C=CCN(C)C(=O)[C@@H]4[C@H]2C(=O)N([C@@H](CO)C(C)C)C3C1=O. The number of likely N-dealkylation sites (tertiary alicyclic amines) is 1. The number of amides is 3. The van der Waals surface area contributed by atoms with Crippen LogP contribution in [0.25, 0.3) is 0 Å². The van der Waals surface area contributed by atoms with E-state index in [4.69, 9.17) is 0 Å². The molecule has 4 heterocycles. The van der Waals surface area contributed by atoms with Crippen LogP contribution in [0.5, 0.6) is 0 Å². The van der Waals surface area contributed by atoms with E-state index in [0.29, 0.717) is 13.1 Å². The van der Waals surface area contributed by atoms with Crippen molar-refractivity contribution in [2.24, 2.45) is 17.8 Å². The molecule has 0 aliphatic carbocycles. The summed E-state index contributed by atoms with van der Waals surface area (Å²) in [6.07, 6.45) is 8.09. The van der Waals surface area contributed by atoms with Gasteiger partial charge in [0, 0.05) is 30.6 Å². The molecule has 4 aliphatic rings. The zero-order valence-electron chi connectivity index (χ0n) is 22.5. The van der Waals surface area contributed by atoms with Gasteiger partial charge >= 0.3 is 0 Å². The highest BCUT2D eigenvalue weighted by atomic mass is 32.2. The van der Waals surface area contributed by atoms with Crippen molar-refractivity contribution < 1.29 is 19.5 Å². The van der Waals surface area contributed by atoms with Crippen molar-refractivity contribution in [1.29, 1.82) is 0 Å². The van der Waals surface area contributed by atoms with Gasteiger partial charge in [-0.05, 0) is 37.8 Å². The van der Waals surface area contributed by atoms with E-state index in [1.54, 1.807) is 33.5 Å². The third-order valence-electron chi connectivity index (χ3n) is 8.72. The zero-order chi connectivity index (χ0) is 26.9. The summed E-state index contributed by atoms with van der Waals surface area (Å²) in [5.41, 5.74) is 2.83. The summed E-state index contributed by atoms with van der Waals surface area (Å²) in [4.78, 5) is 48.0. The molecule has 5 rings (SSSR count). The van der Waals surface area contributed by atoms with Gasteiger partial charge in [0.25, 0.3) is 5.91 Å². The van der Waals surface area contributed by atoms with Gasteiger partial charge in [-0.25, -0.2) is 0 Å². The maximum absolute atomic E-state index is 14.7. The highest BCUT2D eigenvalue weighted by Gasteiger charge is 2.74. The molecule has 7 nitrogen and oxygen atoms in total. The van der Waals surface area contributed by atoms with Gasteiger partial charge in [-0.2, -0.15) is 0 Å². The summed E-state index contributed by atoms with van der Waals surface area (Å²) in [6.45, 7) is 10.6. The fourth-order valence-electron chi connectivity index (χ4n) is 6.99. The first-order chi connectivity index (χ1) is 17.5. The predicted octanol–water partition coefficient (Wildman–Crippen LogP) is 2.94. The van der Waals surface area contributed by atoms with Gasteiger partial charge in [0.1, 0.15) is 6.04 Å². The molecule has 2 fully saturated rings. The smallest absolute Gasteiger partial charge is 0.251 e. The number of para-hydroxylation sites is 1. The molecule has 37 heavy (non-hydrogen) atoms. The first kappa shape index (κ1) is 26.0. The fourth-order valence-corrected chi connectivity index (χ4v) is 9.14. The summed E-state index contributed by atoms with van der Waals surface area (Å²) in [6, 6.07) is 4.60. The average molecular weight is 524 g/mol. The van der Waals surface area contributed by atoms with Gasteiger partial charge in [0.05, 0.1) is 29.2 Å². The van der Waals surface area contributed by atoms with Gasteiger partial charge < -0.3 is 19.8 Å². The minimum atomic E-state index is -0.917. The van der Waals surface area contributed by atoms with Crippen LogP contribution >= 0.6 is 11.8 Å². The number of benzene rings is 1. The lowest BCUT2D eigenvalue weighted by Gasteiger charge is -2.41. The Morgan fingerprint density at radius 3 is 2.27 bits per heavy atom. The first-order valence-corrected chi connectivity index (χ1v) is 13.9. The van der Waals surface area contributed by atoms with Crippen molar-refractivity contribution in [2.45, 2.75) is 56.2 Å². The highest BCUT2D eigenvalue weighted by Crippen LogP contribution is 2.66. The van der Waals surface area contributed by atoms with Crippen LogP contribution in [-0.4, -0.2) is 80.9 Å². The topological polar surface area (TPSA) is 81.2 Å². The number of carbonyl (C=O) groups excluding carboxylic acids is 3. The normalized spacial score (nSPS) is 34.0. The van der Waals surface area contributed by atoms with E-state index in [-0.39, 0.29) is 30.2 Å². The summed E-state index contributed by atoms with van der Waals surface area (Å²) in [5.74, 6) is -1.81. The molecule has 8 heteroatoms. The van der Waals surface area contributed by atoms with E-state index in [9.17, 15) is 19.5 Å². The molecule has 1 aromatic rings. The number of thioether (sulfide) groups is 1. The Balaban J connectivity index is 1.72. The summed E-state index contributed by atoms with van der Waals surface area (Å²) in [7, 11) is 1.77. The number of rotatable bonds is 4. The van der Waals surface area contributed by atoms with Crippen LogP contribution in [0, 0.1) is 31.6 Å². The van der Waals surface area contributed by atoms with Gasteiger partial charge in [-0.3, -0.25) is 14.4 Å². The van der Waals surface area contributed by atoms with Crippen LogP contribution in [0.1, 0.15) is 31.9 Å².